The molecule has 0 atom stereocenters. The third-order valence-electron chi connectivity index (χ3n) is 2.93. The molecule has 2 rings (SSSR count). The molecule has 24 heavy (non-hydrogen) atoms. The molecule has 0 fully saturated rings. The standard InChI is InChI=1S/C13H11BrF4N2O3S/c1-3-23-8-4-6(7(15)5-9(8)24(2,21)22)12-19-10(11(14)20-12)13(16,17)18/h4-5H,3H2,1-2H3,(H,19,20). The molecular formula is C13H11BrF4N2O3S. The molecule has 1 N–H and O–H groups in total. The first-order chi connectivity index (χ1) is 10.9. The third kappa shape index (κ3) is 3.72. The highest BCUT2D eigenvalue weighted by Crippen LogP contribution is 2.37. The molecule has 2 aromatic rings. The van der Waals surface area contributed by atoms with Crippen molar-refractivity contribution in [2.75, 3.05) is 12.9 Å². The molecule has 11 heteroatoms. The Kier molecular flexibility index (Phi) is 4.96. The lowest BCUT2D eigenvalue weighted by Gasteiger charge is -2.11. The van der Waals surface area contributed by atoms with E-state index in [1.54, 1.807) is 6.92 Å². The van der Waals surface area contributed by atoms with Crippen LogP contribution in [0.25, 0.3) is 11.4 Å². The van der Waals surface area contributed by atoms with Gasteiger partial charge in [0.15, 0.2) is 15.5 Å². The van der Waals surface area contributed by atoms with Crippen molar-refractivity contribution in [3.63, 3.8) is 0 Å². The third-order valence-corrected chi connectivity index (χ3v) is 4.62. The Hall–Kier alpha value is -1.62. The molecule has 0 aliphatic heterocycles. The topological polar surface area (TPSA) is 72.0 Å². The Morgan fingerprint density at radius 2 is 1.96 bits per heavy atom. The smallest absolute Gasteiger partial charge is 0.433 e. The predicted molar refractivity (Wildman–Crippen MR) is 81.0 cm³/mol. The summed E-state index contributed by atoms with van der Waals surface area (Å²) in [5, 5.41) is 0. The van der Waals surface area contributed by atoms with Gasteiger partial charge >= 0.3 is 6.18 Å². The van der Waals surface area contributed by atoms with Crippen LogP contribution >= 0.6 is 15.9 Å². The molecule has 1 aromatic heterocycles. The molecule has 0 bridgehead atoms. The minimum absolute atomic E-state index is 0.0866. The molecule has 1 heterocycles. The number of hydrogen-bond donors (Lipinski definition) is 1. The Morgan fingerprint density at radius 1 is 1.33 bits per heavy atom. The summed E-state index contributed by atoms with van der Waals surface area (Å²) in [4.78, 5) is 5.18. The van der Waals surface area contributed by atoms with Crippen molar-refractivity contribution in [3.05, 3.63) is 28.2 Å². The lowest BCUT2D eigenvalue weighted by molar-refractivity contribution is -0.141. The molecule has 0 radical (unpaired) electrons. The van der Waals surface area contributed by atoms with E-state index in [2.05, 4.69) is 20.9 Å². The lowest BCUT2D eigenvalue weighted by Crippen LogP contribution is -2.06. The molecule has 5 nitrogen and oxygen atoms in total. The maximum Gasteiger partial charge on any atom is 0.433 e. The van der Waals surface area contributed by atoms with Gasteiger partial charge in [0.05, 0.1) is 12.2 Å². The van der Waals surface area contributed by atoms with Gasteiger partial charge in [0.25, 0.3) is 0 Å². The van der Waals surface area contributed by atoms with E-state index in [1.165, 1.54) is 0 Å². The molecule has 0 aliphatic carbocycles. The van der Waals surface area contributed by atoms with Crippen molar-refractivity contribution >= 4 is 25.8 Å². The number of imidazole rings is 1. The van der Waals surface area contributed by atoms with Gasteiger partial charge in [0, 0.05) is 6.26 Å². The monoisotopic (exact) mass is 430 g/mol. The second-order valence-corrected chi connectivity index (χ2v) is 7.47. The van der Waals surface area contributed by atoms with Gasteiger partial charge in [-0.3, -0.25) is 0 Å². The molecular weight excluding hydrogens is 420 g/mol. The maximum atomic E-state index is 14.2. The maximum absolute atomic E-state index is 14.2. The number of nitrogens with zero attached hydrogens (tertiary/aromatic N) is 1. The lowest BCUT2D eigenvalue weighted by atomic mass is 10.2. The van der Waals surface area contributed by atoms with E-state index in [4.69, 9.17) is 4.74 Å². The van der Waals surface area contributed by atoms with E-state index in [-0.39, 0.29) is 17.9 Å². The van der Waals surface area contributed by atoms with Crippen molar-refractivity contribution in [1.29, 1.82) is 0 Å². The highest BCUT2D eigenvalue weighted by atomic mass is 79.9. The number of ether oxygens (including phenoxy) is 1. The van der Waals surface area contributed by atoms with Crippen LogP contribution in [0.1, 0.15) is 12.6 Å². The second kappa shape index (κ2) is 6.36. The van der Waals surface area contributed by atoms with Crippen molar-refractivity contribution < 1.29 is 30.7 Å². The largest absolute Gasteiger partial charge is 0.492 e. The highest BCUT2D eigenvalue weighted by Gasteiger charge is 2.36. The first-order valence-electron chi connectivity index (χ1n) is 6.44. The van der Waals surface area contributed by atoms with Gasteiger partial charge in [-0.15, -0.1) is 0 Å². The number of rotatable bonds is 4. The van der Waals surface area contributed by atoms with E-state index < -0.39 is 42.8 Å². The van der Waals surface area contributed by atoms with Gasteiger partial charge < -0.3 is 9.72 Å². The fourth-order valence-electron chi connectivity index (χ4n) is 1.94. The quantitative estimate of drug-likeness (QED) is 0.748. The average Bonchev–Trinajstić information content (AvgIpc) is 2.81. The highest BCUT2D eigenvalue weighted by molar-refractivity contribution is 9.10. The number of H-pyrrole nitrogens is 1. The van der Waals surface area contributed by atoms with Crippen LogP contribution in [0.3, 0.4) is 0 Å². The van der Waals surface area contributed by atoms with Crippen molar-refractivity contribution in [3.8, 4) is 17.1 Å². The van der Waals surface area contributed by atoms with Gasteiger partial charge in [0.2, 0.25) is 0 Å². The number of nitrogens with one attached hydrogen (secondary N) is 1. The van der Waals surface area contributed by atoms with E-state index in [0.717, 1.165) is 12.3 Å². The SMILES string of the molecule is CCOc1cc(-c2nc(Br)c(C(F)(F)F)[nH]2)c(F)cc1S(C)(=O)=O. The van der Waals surface area contributed by atoms with Gasteiger partial charge in [-0.25, -0.2) is 17.8 Å². The van der Waals surface area contributed by atoms with Crippen LogP contribution < -0.4 is 4.74 Å². The molecule has 0 saturated heterocycles. The molecule has 0 saturated carbocycles. The number of aromatic nitrogens is 2. The Morgan fingerprint density at radius 3 is 2.42 bits per heavy atom. The van der Waals surface area contributed by atoms with Crippen LogP contribution in [-0.4, -0.2) is 31.2 Å². The number of benzene rings is 1. The average molecular weight is 431 g/mol. The number of alkyl halides is 3. The fraction of sp³-hybridized carbons (Fsp3) is 0.308. The van der Waals surface area contributed by atoms with Crippen LogP contribution in [0, 0.1) is 5.82 Å². The summed E-state index contributed by atoms with van der Waals surface area (Å²) in [6.07, 6.45) is -3.84. The van der Waals surface area contributed by atoms with E-state index in [9.17, 15) is 26.0 Å². The van der Waals surface area contributed by atoms with Crippen molar-refractivity contribution in [2.24, 2.45) is 0 Å². The number of hydrogen-bond acceptors (Lipinski definition) is 4. The Labute approximate surface area is 143 Å². The Balaban J connectivity index is 2.66. The zero-order valence-corrected chi connectivity index (χ0v) is 14.7. The zero-order chi connectivity index (χ0) is 18.3. The summed E-state index contributed by atoms with van der Waals surface area (Å²) in [5.41, 5.74) is -1.52. The summed E-state index contributed by atoms with van der Waals surface area (Å²) in [5.74, 6) is -1.63. The summed E-state index contributed by atoms with van der Waals surface area (Å²) >= 11 is 2.66. The van der Waals surface area contributed by atoms with Gasteiger partial charge in [-0.1, -0.05) is 0 Å². The fourth-order valence-corrected chi connectivity index (χ4v) is 3.24. The summed E-state index contributed by atoms with van der Waals surface area (Å²) in [7, 11) is -3.79. The first-order valence-corrected chi connectivity index (χ1v) is 9.13. The normalized spacial score (nSPS) is 12.5. The van der Waals surface area contributed by atoms with E-state index >= 15 is 0 Å². The van der Waals surface area contributed by atoms with Crippen LogP contribution in [0.4, 0.5) is 17.6 Å². The predicted octanol–water partition coefficient (Wildman–Crippen LogP) is 3.80. The zero-order valence-electron chi connectivity index (χ0n) is 12.3. The van der Waals surface area contributed by atoms with Gasteiger partial charge in [0.1, 0.15) is 26.9 Å². The van der Waals surface area contributed by atoms with Crippen molar-refractivity contribution in [2.45, 2.75) is 18.0 Å². The Bertz CT molecular complexity index is 878. The van der Waals surface area contributed by atoms with Gasteiger partial charge in [-0.2, -0.15) is 13.2 Å². The minimum atomic E-state index is -4.71. The van der Waals surface area contributed by atoms with Crippen LogP contribution in [0.2, 0.25) is 0 Å². The first kappa shape index (κ1) is 18.7. The number of sulfone groups is 1. The van der Waals surface area contributed by atoms with Crippen LogP contribution in [0.15, 0.2) is 21.6 Å². The molecule has 0 aliphatic rings. The minimum Gasteiger partial charge on any atom is -0.492 e. The summed E-state index contributed by atoms with van der Waals surface area (Å²) in [6.45, 7) is 1.67. The molecule has 1 aromatic carbocycles. The van der Waals surface area contributed by atoms with Crippen LogP contribution in [0.5, 0.6) is 5.75 Å². The van der Waals surface area contributed by atoms with Gasteiger partial charge in [-0.05, 0) is 35.0 Å². The number of halogens is 5. The van der Waals surface area contributed by atoms with Crippen molar-refractivity contribution in [1.82, 2.24) is 9.97 Å². The molecule has 0 amide bonds. The number of aromatic amines is 1. The van der Waals surface area contributed by atoms with E-state index in [1.807, 2.05) is 4.98 Å². The van der Waals surface area contributed by atoms with E-state index in [0.29, 0.717) is 6.07 Å². The second-order valence-electron chi connectivity index (χ2n) is 4.73. The summed E-state index contributed by atoms with van der Waals surface area (Å²) < 4.78 is 80.7. The van der Waals surface area contributed by atoms with Crippen LogP contribution in [-0.2, 0) is 16.0 Å². The molecule has 132 valence electrons. The molecule has 0 spiro atoms. The molecule has 0 unspecified atom stereocenters. The summed E-state index contributed by atoms with van der Waals surface area (Å²) in [6, 6.07) is 1.69.